The van der Waals surface area contributed by atoms with Gasteiger partial charge < -0.3 is 4.74 Å². The fourth-order valence-corrected chi connectivity index (χ4v) is 6.33. The predicted octanol–water partition coefficient (Wildman–Crippen LogP) is 4.41. The van der Waals surface area contributed by atoms with Gasteiger partial charge in [0, 0.05) is 6.61 Å². The highest BCUT2D eigenvalue weighted by Crippen LogP contribution is 2.75. The van der Waals surface area contributed by atoms with Crippen molar-refractivity contribution in [3.63, 3.8) is 0 Å². The van der Waals surface area contributed by atoms with Crippen LogP contribution >= 0.6 is 0 Å². The largest absolute Gasteiger partial charge is 0.378 e. The van der Waals surface area contributed by atoms with Gasteiger partial charge in [0.25, 0.3) is 0 Å². The van der Waals surface area contributed by atoms with Gasteiger partial charge in [-0.2, -0.15) is 0 Å². The minimum atomic E-state index is 0.528. The van der Waals surface area contributed by atoms with Crippen molar-refractivity contribution in [2.24, 2.45) is 22.2 Å². The lowest BCUT2D eigenvalue weighted by molar-refractivity contribution is -0.283. The van der Waals surface area contributed by atoms with Gasteiger partial charge >= 0.3 is 0 Å². The van der Waals surface area contributed by atoms with E-state index < -0.39 is 0 Å². The quantitative estimate of drug-likeness (QED) is 0.605. The van der Waals surface area contributed by atoms with E-state index in [-0.39, 0.29) is 0 Å². The minimum Gasteiger partial charge on any atom is -0.378 e. The van der Waals surface area contributed by atoms with Crippen LogP contribution in [0.1, 0.15) is 66.2 Å². The molecule has 98 valence electrons. The van der Waals surface area contributed by atoms with Crippen molar-refractivity contribution in [2.45, 2.75) is 72.3 Å². The van der Waals surface area contributed by atoms with E-state index in [0.717, 1.165) is 12.5 Å². The molecule has 1 spiro atoms. The van der Waals surface area contributed by atoms with Gasteiger partial charge in [-0.05, 0) is 47.8 Å². The molecule has 17 heavy (non-hydrogen) atoms. The highest BCUT2D eigenvalue weighted by Gasteiger charge is 2.69. The zero-order valence-corrected chi connectivity index (χ0v) is 12.0. The molecular weight excluding hydrogens is 208 g/mol. The Kier molecular flexibility index (Phi) is 2.47. The molecule has 1 saturated heterocycles. The van der Waals surface area contributed by atoms with E-state index in [1.807, 2.05) is 0 Å². The van der Waals surface area contributed by atoms with Crippen molar-refractivity contribution in [1.29, 1.82) is 0 Å². The maximum Gasteiger partial charge on any atom is 0.0609 e. The Hall–Kier alpha value is -0.0400. The summed E-state index contributed by atoms with van der Waals surface area (Å²) in [6.07, 6.45) is 8.82. The van der Waals surface area contributed by atoms with Crippen LogP contribution in [0.15, 0.2) is 0 Å². The summed E-state index contributed by atoms with van der Waals surface area (Å²) >= 11 is 0. The second kappa shape index (κ2) is 3.50. The minimum absolute atomic E-state index is 0.528. The van der Waals surface area contributed by atoms with Crippen LogP contribution in [0.3, 0.4) is 0 Å². The zero-order valence-electron chi connectivity index (χ0n) is 12.0. The van der Waals surface area contributed by atoms with Gasteiger partial charge in [-0.1, -0.05) is 40.5 Å². The monoisotopic (exact) mass is 236 g/mol. The molecule has 3 fully saturated rings. The molecule has 2 unspecified atom stereocenters. The van der Waals surface area contributed by atoms with Crippen molar-refractivity contribution in [3.8, 4) is 0 Å². The Morgan fingerprint density at radius 1 is 0.941 bits per heavy atom. The number of rotatable bonds is 0. The second-order valence-corrected chi connectivity index (χ2v) is 7.97. The molecule has 0 N–H and O–H groups in total. The Morgan fingerprint density at radius 2 is 1.59 bits per heavy atom. The van der Waals surface area contributed by atoms with Crippen LogP contribution < -0.4 is 0 Å². The number of fused-ring (bicyclic) bond motifs is 2. The highest BCUT2D eigenvalue weighted by molar-refractivity contribution is 5.17. The molecule has 1 nitrogen and oxygen atoms in total. The third-order valence-electron chi connectivity index (χ3n) is 6.46. The van der Waals surface area contributed by atoms with Crippen LogP contribution in [-0.4, -0.2) is 12.7 Å². The molecule has 0 radical (unpaired) electrons. The summed E-state index contributed by atoms with van der Waals surface area (Å²) in [6, 6.07) is 0. The molecular formula is C16H28O. The first-order chi connectivity index (χ1) is 7.91. The molecule has 0 bridgehead atoms. The molecule has 3 rings (SSSR count). The molecule has 1 heteroatoms. The van der Waals surface area contributed by atoms with Gasteiger partial charge in [0.05, 0.1) is 6.10 Å². The summed E-state index contributed by atoms with van der Waals surface area (Å²) in [6.45, 7) is 11.0. The van der Waals surface area contributed by atoms with E-state index >= 15 is 0 Å². The fourth-order valence-electron chi connectivity index (χ4n) is 6.33. The average molecular weight is 236 g/mol. The first-order valence-electron chi connectivity index (χ1n) is 7.52. The fraction of sp³-hybridized carbons (Fsp3) is 1.00. The Morgan fingerprint density at radius 3 is 2.24 bits per heavy atom. The Bertz CT molecular complexity index is 299. The highest BCUT2D eigenvalue weighted by atomic mass is 16.5. The second-order valence-electron chi connectivity index (χ2n) is 7.97. The van der Waals surface area contributed by atoms with E-state index in [4.69, 9.17) is 4.74 Å². The number of hydrogen-bond acceptors (Lipinski definition) is 1. The summed E-state index contributed by atoms with van der Waals surface area (Å²) < 4.78 is 6.10. The normalized spacial score (nSPS) is 41.6. The summed E-state index contributed by atoms with van der Waals surface area (Å²) in [5.74, 6) is 0.837. The lowest BCUT2D eigenvalue weighted by Crippen LogP contribution is -2.68. The summed E-state index contributed by atoms with van der Waals surface area (Å²) in [7, 11) is 0. The maximum atomic E-state index is 6.10. The van der Waals surface area contributed by atoms with E-state index in [1.54, 1.807) is 0 Å². The molecule has 2 aliphatic carbocycles. The van der Waals surface area contributed by atoms with Crippen LogP contribution in [0.5, 0.6) is 0 Å². The van der Waals surface area contributed by atoms with Gasteiger partial charge in [-0.3, -0.25) is 0 Å². The number of ether oxygens (including phenoxy) is 1. The smallest absolute Gasteiger partial charge is 0.0609 e. The Balaban J connectivity index is 1.98. The van der Waals surface area contributed by atoms with Crippen molar-refractivity contribution in [3.05, 3.63) is 0 Å². The van der Waals surface area contributed by atoms with Crippen LogP contribution in [0, 0.1) is 22.2 Å². The average Bonchev–Trinajstić information content (AvgIpc) is 2.26. The van der Waals surface area contributed by atoms with Crippen LogP contribution in [0.25, 0.3) is 0 Å². The molecule has 2 saturated carbocycles. The molecule has 3 aliphatic rings. The van der Waals surface area contributed by atoms with Crippen molar-refractivity contribution in [2.75, 3.05) is 6.61 Å². The topological polar surface area (TPSA) is 9.23 Å². The molecule has 2 atom stereocenters. The van der Waals surface area contributed by atoms with Crippen molar-refractivity contribution >= 4 is 0 Å². The third kappa shape index (κ3) is 1.35. The van der Waals surface area contributed by atoms with Crippen molar-refractivity contribution < 1.29 is 4.74 Å². The van der Waals surface area contributed by atoms with Crippen LogP contribution in [0.4, 0.5) is 0 Å². The van der Waals surface area contributed by atoms with E-state index in [1.165, 1.54) is 38.5 Å². The molecule has 0 aromatic carbocycles. The molecule has 0 aromatic heterocycles. The molecule has 1 heterocycles. The standard InChI is InChI=1S/C16H28O/c1-14(2)11-15(3,4)16(14)9-10-17-13-8-6-5-7-12(13)16/h12-13H,5-11H2,1-4H3. The van der Waals surface area contributed by atoms with E-state index in [2.05, 4.69) is 27.7 Å². The van der Waals surface area contributed by atoms with Gasteiger partial charge in [-0.15, -0.1) is 0 Å². The van der Waals surface area contributed by atoms with E-state index in [9.17, 15) is 0 Å². The van der Waals surface area contributed by atoms with Crippen LogP contribution in [0.2, 0.25) is 0 Å². The van der Waals surface area contributed by atoms with Gasteiger partial charge in [0.2, 0.25) is 0 Å². The molecule has 0 amide bonds. The summed E-state index contributed by atoms with van der Waals surface area (Å²) in [5.41, 5.74) is 1.62. The number of hydrogen-bond donors (Lipinski definition) is 0. The SMILES string of the molecule is CC1(C)CC(C)(C)C12CCOC1CCCCC12. The lowest BCUT2D eigenvalue weighted by atomic mass is 9.32. The van der Waals surface area contributed by atoms with Crippen molar-refractivity contribution in [1.82, 2.24) is 0 Å². The first-order valence-corrected chi connectivity index (χ1v) is 7.52. The van der Waals surface area contributed by atoms with Gasteiger partial charge in [0.15, 0.2) is 0 Å². The van der Waals surface area contributed by atoms with Gasteiger partial charge in [-0.25, -0.2) is 0 Å². The van der Waals surface area contributed by atoms with E-state index in [0.29, 0.717) is 22.3 Å². The van der Waals surface area contributed by atoms with Crippen LogP contribution in [-0.2, 0) is 4.74 Å². The Labute approximate surface area is 106 Å². The molecule has 1 aliphatic heterocycles. The van der Waals surface area contributed by atoms with Gasteiger partial charge in [0.1, 0.15) is 0 Å². The third-order valence-corrected chi connectivity index (χ3v) is 6.46. The molecule has 0 aromatic rings. The summed E-state index contributed by atoms with van der Waals surface area (Å²) in [4.78, 5) is 0. The zero-order chi connectivity index (χ0) is 12.3. The maximum absolute atomic E-state index is 6.10. The predicted molar refractivity (Wildman–Crippen MR) is 70.9 cm³/mol. The lowest BCUT2D eigenvalue weighted by Gasteiger charge is -2.73. The summed E-state index contributed by atoms with van der Waals surface area (Å²) in [5, 5.41) is 0. The first kappa shape index (κ1) is 12.0.